The Labute approximate surface area is 168 Å². The molecule has 0 saturated carbocycles. The lowest BCUT2D eigenvalue weighted by atomic mass is 10.0. The van der Waals surface area contributed by atoms with E-state index in [1.54, 1.807) is 0 Å². The van der Waals surface area contributed by atoms with Crippen molar-refractivity contribution in [2.75, 3.05) is 19.6 Å². The lowest BCUT2D eigenvalue weighted by molar-refractivity contribution is -0.134. The van der Waals surface area contributed by atoms with Crippen LogP contribution < -0.4 is 5.32 Å². The van der Waals surface area contributed by atoms with Crippen LogP contribution in [0.15, 0.2) is 30.4 Å². The Hall–Kier alpha value is -2.18. The van der Waals surface area contributed by atoms with Gasteiger partial charge in [-0.2, -0.15) is 0 Å². The smallest absolute Gasteiger partial charge is 0.328 e. The summed E-state index contributed by atoms with van der Waals surface area (Å²) in [5.41, 5.74) is 4.24. The highest BCUT2D eigenvalue weighted by Crippen LogP contribution is 2.19. The van der Waals surface area contributed by atoms with Gasteiger partial charge >= 0.3 is 11.9 Å². The molecule has 0 radical (unpaired) electrons. The van der Waals surface area contributed by atoms with E-state index in [0.717, 1.165) is 18.5 Å². The van der Waals surface area contributed by atoms with E-state index in [4.69, 9.17) is 10.2 Å². The zero-order valence-electron chi connectivity index (χ0n) is 17.4. The van der Waals surface area contributed by atoms with Crippen LogP contribution in [-0.2, 0) is 16.1 Å². The molecule has 6 heteroatoms. The third-order valence-corrected chi connectivity index (χ3v) is 4.46. The second-order valence-corrected chi connectivity index (χ2v) is 7.81. The van der Waals surface area contributed by atoms with Crippen molar-refractivity contribution in [2.45, 2.75) is 53.1 Å². The molecular weight excluding hydrogens is 356 g/mol. The largest absolute Gasteiger partial charge is 0.478 e. The zero-order chi connectivity index (χ0) is 21.1. The van der Waals surface area contributed by atoms with Gasteiger partial charge in [-0.25, -0.2) is 9.59 Å². The van der Waals surface area contributed by atoms with E-state index in [9.17, 15) is 9.59 Å². The molecule has 1 fully saturated rings. The first-order chi connectivity index (χ1) is 13.2. The van der Waals surface area contributed by atoms with Crippen molar-refractivity contribution in [3.05, 3.63) is 47.0 Å². The number of carbonyl (C=O) groups is 2. The molecule has 0 aromatic heterocycles. The van der Waals surface area contributed by atoms with Gasteiger partial charge < -0.3 is 15.5 Å². The number of aliphatic carboxylic acids is 2. The maximum absolute atomic E-state index is 9.55. The van der Waals surface area contributed by atoms with Crippen molar-refractivity contribution in [1.29, 1.82) is 0 Å². The van der Waals surface area contributed by atoms with E-state index in [0.29, 0.717) is 12.2 Å². The third-order valence-electron chi connectivity index (χ3n) is 4.46. The van der Waals surface area contributed by atoms with Crippen LogP contribution in [-0.4, -0.2) is 52.7 Å². The summed E-state index contributed by atoms with van der Waals surface area (Å²) in [6.45, 7) is 13.7. The molecule has 1 saturated heterocycles. The zero-order valence-corrected chi connectivity index (χ0v) is 17.4. The van der Waals surface area contributed by atoms with Gasteiger partial charge in [-0.15, -0.1) is 0 Å². The molecule has 3 N–H and O–H groups in total. The first kappa shape index (κ1) is 23.9. The van der Waals surface area contributed by atoms with Gasteiger partial charge in [0.15, 0.2) is 0 Å². The molecule has 0 bridgehead atoms. The minimum atomic E-state index is -1.26. The van der Waals surface area contributed by atoms with E-state index in [2.05, 4.69) is 56.1 Å². The number of carboxylic acid groups (broad SMARTS) is 2. The predicted octanol–water partition coefficient (Wildman–Crippen LogP) is 3.23. The summed E-state index contributed by atoms with van der Waals surface area (Å²) in [4.78, 5) is 21.8. The van der Waals surface area contributed by atoms with Crippen molar-refractivity contribution in [2.24, 2.45) is 5.92 Å². The van der Waals surface area contributed by atoms with Crippen LogP contribution in [0.4, 0.5) is 0 Å². The fourth-order valence-electron chi connectivity index (χ4n) is 3.52. The molecule has 6 nitrogen and oxygen atoms in total. The molecule has 1 aromatic carbocycles. The number of piperidine rings is 1. The van der Waals surface area contributed by atoms with Crippen molar-refractivity contribution in [3.63, 3.8) is 0 Å². The molecule has 1 aliphatic heterocycles. The van der Waals surface area contributed by atoms with E-state index < -0.39 is 11.9 Å². The van der Waals surface area contributed by atoms with Gasteiger partial charge in [0.1, 0.15) is 0 Å². The number of hydrogen-bond acceptors (Lipinski definition) is 4. The molecule has 2 rings (SSSR count). The van der Waals surface area contributed by atoms with Gasteiger partial charge in [0.05, 0.1) is 0 Å². The minimum Gasteiger partial charge on any atom is -0.478 e. The highest BCUT2D eigenvalue weighted by atomic mass is 16.4. The van der Waals surface area contributed by atoms with Crippen LogP contribution in [0.2, 0.25) is 0 Å². The Balaban J connectivity index is 0.000000416. The Morgan fingerprint density at radius 1 is 1.07 bits per heavy atom. The molecule has 0 atom stereocenters. The summed E-state index contributed by atoms with van der Waals surface area (Å²) in [6, 6.07) is 7.71. The summed E-state index contributed by atoms with van der Waals surface area (Å²) < 4.78 is 0. The van der Waals surface area contributed by atoms with E-state index in [-0.39, 0.29) is 0 Å². The topological polar surface area (TPSA) is 89.9 Å². The van der Waals surface area contributed by atoms with Crippen LogP contribution in [0.1, 0.15) is 43.4 Å². The quantitative estimate of drug-likeness (QED) is 0.620. The molecule has 0 amide bonds. The number of benzene rings is 1. The Morgan fingerprint density at radius 2 is 1.57 bits per heavy atom. The lowest BCUT2D eigenvalue weighted by Gasteiger charge is -2.36. The normalized spacial score (nSPS) is 14.9. The third kappa shape index (κ3) is 10.2. The average molecular weight is 391 g/mol. The first-order valence-electron chi connectivity index (χ1n) is 9.83. The summed E-state index contributed by atoms with van der Waals surface area (Å²) >= 11 is 0. The monoisotopic (exact) mass is 390 g/mol. The van der Waals surface area contributed by atoms with E-state index in [1.807, 2.05) is 0 Å². The molecule has 0 aliphatic carbocycles. The van der Waals surface area contributed by atoms with Crippen LogP contribution in [0.3, 0.4) is 0 Å². The van der Waals surface area contributed by atoms with Gasteiger partial charge in [0, 0.05) is 31.3 Å². The maximum atomic E-state index is 9.55. The molecule has 0 spiro atoms. The van der Waals surface area contributed by atoms with Crippen LogP contribution >= 0.6 is 0 Å². The lowest BCUT2D eigenvalue weighted by Crippen LogP contribution is -2.44. The van der Waals surface area contributed by atoms with Gasteiger partial charge in [-0.3, -0.25) is 4.90 Å². The highest BCUT2D eigenvalue weighted by Gasteiger charge is 2.21. The summed E-state index contributed by atoms with van der Waals surface area (Å²) in [7, 11) is 0. The molecule has 156 valence electrons. The van der Waals surface area contributed by atoms with Gasteiger partial charge in [-0.1, -0.05) is 43.2 Å². The minimum absolute atomic E-state index is 0.558. The van der Waals surface area contributed by atoms with Crippen molar-refractivity contribution in [1.82, 2.24) is 10.2 Å². The maximum Gasteiger partial charge on any atom is 0.328 e. The van der Waals surface area contributed by atoms with Crippen LogP contribution in [0.5, 0.6) is 0 Å². The van der Waals surface area contributed by atoms with Crippen molar-refractivity contribution < 1.29 is 19.8 Å². The molecular formula is C22H34N2O4. The number of nitrogens with zero attached hydrogens (tertiary/aromatic N) is 1. The van der Waals surface area contributed by atoms with Gasteiger partial charge in [0.25, 0.3) is 0 Å². The number of hydrogen-bond donors (Lipinski definition) is 3. The SMILES string of the molecule is Cc1cc(C)cc(CN(CC(C)C)C2CCNCC2)c1.O=C(O)C=CC(=O)O. The molecule has 0 unspecified atom stereocenters. The van der Waals surface area contributed by atoms with Crippen molar-refractivity contribution in [3.8, 4) is 0 Å². The highest BCUT2D eigenvalue weighted by molar-refractivity contribution is 5.89. The number of nitrogens with one attached hydrogen (secondary N) is 1. The second kappa shape index (κ2) is 12.3. The summed E-state index contributed by atoms with van der Waals surface area (Å²) in [5, 5.41) is 19.1. The van der Waals surface area contributed by atoms with Crippen LogP contribution in [0, 0.1) is 19.8 Å². The van der Waals surface area contributed by atoms with Gasteiger partial charge in [0.2, 0.25) is 0 Å². The standard InChI is InChI=1S/C18H30N2.C4H4O4/c1-14(2)12-20(18-5-7-19-8-6-18)13-17-10-15(3)9-16(4)11-17;5-3(6)1-2-4(7)8/h9-11,14,18-19H,5-8,12-13H2,1-4H3;1-2H,(H,5,6)(H,7,8). The second-order valence-electron chi connectivity index (χ2n) is 7.81. The molecule has 1 aromatic rings. The first-order valence-corrected chi connectivity index (χ1v) is 9.83. The van der Waals surface area contributed by atoms with Crippen LogP contribution in [0.25, 0.3) is 0 Å². The Morgan fingerprint density at radius 3 is 2.00 bits per heavy atom. The summed E-state index contributed by atoms with van der Waals surface area (Å²) in [5.74, 6) is -1.78. The number of aryl methyl sites for hydroxylation is 2. The molecule has 1 aliphatic rings. The van der Waals surface area contributed by atoms with E-state index >= 15 is 0 Å². The Kier molecular flexibility index (Phi) is 10.5. The average Bonchev–Trinajstić information content (AvgIpc) is 2.59. The van der Waals surface area contributed by atoms with Gasteiger partial charge in [-0.05, 0) is 51.3 Å². The van der Waals surface area contributed by atoms with E-state index in [1.165, 1.54) is 49.2 Å². The van der Waals surface area contributed by atoms with Crippen molar-refractivity contribution >= 4 is 11.9 Å². The fraction of sp³-hybridized carbons (Fsp3) is 0.545. The number of rotatable bonds is 7. The Bertz CT molecular complexity index is 628. The summed E-state index contributed by atoms with van der Waals surface area (Å²) in [6.07, 6.45) is 3.69. The molecule has 1 heterocycles. The fourth-order valence-corrected chi connectivity index (χ4v) is 3.52. The molecule has 28 heavy (non-hydrogen) atoms. The number of carboxylic acids is 2. The predicted molar refractivity (Wildman–Crippen MR) is 111 cm³/mol.